The monoisotopic (exact) mass is 312 g/mol. The van der Waals surface area contributed by atoms with E-state index in [-0.39, 0.29) is 12.5 Å². The highest BCUT2D eigenvalue weighted by atomic mass is 35.5. The first kappa shape index (κ1) is 15.4. The number of nitrogens with one attached hydrogen (secondary N) is 2. The fourth-order valence-electron chi connectivity index (χ4n) is 1.74. The minimum atomic E-state index is -0.842. The Morgan fingerprint density at radius 3 is 2.86 bits per heavy atom. The van der Waals surface area contributed by atoms with Crippen LogP contribution in [-0.2, 0) is 9.53 Å². The second-order valence-electron chi connectivity index (χ2n) is 5.64. The maximum Gasteiger partial charge on any atom is 0.408 e. The molecule has 1 aliphatic rings. The molecule has 2 rings (SSSR count). The van der Waals surface area contributed by atoms with E-state index in [9.17, 15) is 9.59 Å². The van der Waals surface area contributed by atoms with Crippen LogP contribution < -0.4 is 15.4 Å². The molecule has 2 N–H and O–H groups in total. The first-order valence-electron chi connectivity index (χ1n) is 6.47. The molecule has 0 radical (unpaired) electrons. The lowest BCUT2D eigenvalue weighted by atomic mass is 10.2. The first-order chi connectivity index (χ1) is 9.74. The minimum absolute atomic E-state index is 0.00157. The number of benzene rings is 1. The summed E-state index contributed by atoms with van der Waals surface area (Å²) in [5, 5.41) is 5.66. The molecule has 0 bridgehead atoms. The molecule has 2 amide bonds. The molecular formula is C14H17ClN2O4. The predicted molar refractivity (Wildman–Crippen MR) is 78.7 cm³/mol. The van der Waals surface area contributed by atoms with Gasteiger partial charge in [0.25, 0.3) is 5.91 Å². The van der Waals surface area contributed by atoms with Gasteiger partial charge < -0.3 is 20.1 Å². The zero-order valence-electron chi connectivity index (χ0n) is 12.0. The van der Waals surface area contributed by atoms with E-state index in [0.717, 1.165) is 0 Å². The fraction of sp³-hybridized carbons (Fsp3) is 0.429. The lowest BCUT2D eigenvalue weighted by Gasteiger charge is -2.22. The molecule has 0 aliphatic carbocycles. The quantitative estimate of drug-likeness (QED) is 0.835. The molecule has 0 saturated carbocycles. The van der Waals surface area contributed by atoms with E-state index in [0.29, 0.717) is 16.5 Å². The summed E-state index contributed by atoms with van der Waals surface area (Å²) >= 11 is 5.88. The zero-order chi connectivity index (χ0) is 15.6. The van der Waals surface area contributed by atoms with E-state index >= 15 is 0 Å². The molecule has 0 saturated heterocycles. The molecule has 0 aromatic heterocycles. The lowest BCUT2D eigenvalue weighted by Crippen LogP contribution is -2.48. The van der Waals surface area contributed by atoms with Gasteiger partial charge in [0.15, 0.2) is 0 Å². The maximum absolute atomic E-state index is 12.1. The molecule has 1 aromatic carbocycles. The highest BCUT2D eigenvalue weighted by Crippen LogP contribution is 2.30. The van der Waals surface area contributed by atoms with E-state index in [1.54, 1.807) is 39.0 Å². The normalized spacial score (nSPS) is 17.9. The zero-order valence-corrected chi connectivity index (χ0v) is 12.8. The summed E-state index contributed by atoms with van der Waals surface area (Å²) in [4.78, 5) is 23.8. The Hall–Kier alpha value is -1.95. The first-order valence-corrected chi connectivity index (χ1v) is 6.85. The van der Waals surface area contributed by atoms with Crippen molar-refractivity contribution in [3.63, 3.8) is 0 Å². The molecule has 1 atom stereocenters. The molecule has 7 heteroatoms. The largest absolute Gasteiger partial charge is 0.489 e. The molecule has 6 nitrogen and oxygen atoms in total. The Bertz CT molecular complexity index is 569. The van der Waals surface area contributed by atoms with Crippen LogP contribution in [0.15, 0.2) is 18.2 Å². The van der Waals surface area contributed by atoms with Gasteiger partial charge in [0.1, 0.15) is 24.0 Å². The number of hydrogen-bond acceptors (Lipinski definition) is 4. The highest BCUT2D eigenvalue weighted by Gasteiger charge is 2.28. The van der Waals surface area contributed by atoms with E-state index < -0.39 is 17.7 Å². The third kappa shape index (κ3) is 4.26. The van der Waals surface area contributed by atoms with Crippen LogP contribution in [0.25, 0.3) is 0 Å². The fourth-order valence-corrected chi connectivity index (χ4v) is 1.91. The summed E-state index contributed by atoms with van der Waals surface area (Å²) in [6, 6.07) is 4.05. The van der Waals surface area contributed by atoms with E-state index in [1.807, 2.05) is 0 Å². The van der Waals surface area contributed by atoms with Crippen molar-refractivity contribution in [2.24, 2.45) is 0 Å². The number of amides is 2. The summed E-state index contributed by atoms with van der Waals surface area (Å²) < 4.78 is 10.6. The van der Waals surface area contributed by atoms with Gasteiger partial charge in [-0.3, -0.25) is 4.79 Å². The average Bonchev–Trinajstić information content (AvgIpc) is 2.48. The summed E-state index contributed by atoms with van der Waals surface area (Å²) in [6.45, 7) is 5.23. The van der Waals surface area contributed by atoms with Crippen molar-refractivity contribution in [2.75, 3.05) is 11.9 Å². The van der Waals surface area contributed by atoms with Gasteiger partial charge in [-0.2, -0.15) is 0 Å². The Morgan fingerprint density at radius 2 is 2.19 bits per heavy atom. The van der Waals surface area contributed by atoms with Crippen LogP contribution in [0.1, 0.15) is 20.8 Å². The maximum atomic E-state index is 12.1. The van der Waals surface area contributed by atoms with Gasteiger partial charge in [-0.25, -0.2) is 4.79 Å². The summed E-state index contributed by atoms with van der Waals surface area (Å²) in [5.41, 5.74) is -0.124. The molecule has 0 unspecified atom stereocenters. The second kappa shape index (κ2) is 5.81. The third-order valence-electron chi connectivity index (χ3n) is 2.61. The Labute approximate surface area is 127 Å². The lowest BCUT2D eigenvalue weighted by molar-refractivity contribution is -0.118. The Kier molecular flexibility index (Phi) is 4.27. The van der Waals surface area contributed by atoms with Gasteiger partial charge >= 0.3 is 6.09 Å². The number of hydrogen-bond donors (Lipinski definition) is 2. The average molecular weight is 313 g/mol. The summed E-state index contributed by atoms with van der Waals surface area (Å²) in [7, 11) is 0. The van der Waals surface area contributed by atoms with Crippen molar-refractivity contribution in [1.29, 1.82) is 0 Å². The molecule has 0 fully saturated rings. The van der Waals surface area contributed by atoms with Crippen LogP contribution in [0.5, 0.6) is 5.75 Å². The number of carbonyl (C=O) groups is 2. The molecule has 21 heavy (non-hydrogen) atoms. The van der Waals surface area contributed by atoms with Gasteiger partial charge in [0.2, 0.25) is 0 Å². The number of anilines is 1. The van der Waals surface area contributed by atoms with E-state index in [2.05, 4.69) is 10.6 Å². The van der Waals surface area contributed by atoms with Crippen LogP contribution >= 0.6 is 11.6 Å². The van der Waals surface area contributed by atoms with Crippen molar-refractivity contribution < 1.29 is 19.1 Å². The smallest absolute Gasteiger partial charge is 0.408 e. The van der Waals surface area contributed by atoms with Crippen LogP contribution in [0.3, 0.4) is 0 Å². The molecular weight excluding hydrogens is 296 g/mol. The Morgan fingerprint density at radius 1 is 1.48 bits per heavy atom. The second-order valence-corrected chi connectivity index (χ2v) is 6.08. The summed E-state index contributed by atoms with van der Waals surface area (Å²) in [6.07, 6.45) is -0.671. The Balaban J connectivity index is 2.05. The van der Waals surface area contributed by atoms with Crippen molar-refractivity contribution >= 4 is 29.3 Å². The topological polar surface area (TPSA) is 76.7 Å². The number of halogens is 1. The highest BCUT2D eigenvalue weighted by molar-refractivity contribution is 6.30. The van der Waals surface area contributed by atoms with Crippen molar-refractivity contribution in [1.82, 2.24) is 5.32 Å². The van der Waals surface area contributed by atoms with Crippen LogP contribution in [0.4, 0.5) is 10.5 Å². The van der Waals surface area contributed by atoms with Gasteiger partial charge in [-0.05, 0) is 32.9 Å². The number of alkyl carbamates (subject to hydrolysis) is 1. The standard InChI is InChI=1S/C14H17ClN2O4/c1-14(2,3)21-13(19)17-10-7-20-11-6-8(15)4-5-9(11)16-12(10)18/h4-6,10H,7H2,1-3H3,(H,16,18)(H,17,19)/t10-/m1/s1. The molecule has 0 spiro atoms. The van der Waals surface area contributed by atoms with Crippen LogP contribution in [-0.4, -0.2) is 30.3 Å². The SMILES string of the molecule is CC(C)(C)OC(=O)N[C@@H]1COc2cc(Cl)ccc2NC1=O. The van der Waals surface area contributed by atoms with Crippen LogP contribution in [0.2, 0.25) is 5.02 Å². The van der Waals surface area contributed by atoms with Gasteiger partial charge in [-0.15, -0.1) is 0 Å². The molecule has 1 aliphatic heterocycles. The predicted octanol–water partition coefficient (Wildman–Crippen LogP) is 2.56. The van der Waals surface area contributed by atoms with Crippen molar-refractivity contribution in [3.8, 4) is 5.75 Å². The number of carbonyl (C=O) groups excluding carboxylic acids is 2. The third-order valence-corrected chi connectivity index (χ3v) is 2.85. The number of ether oxygens (including phenoxy) is 2. The van der Waals surface area contributed by atoms with Gasteiger partial charge in [0, 0.05) is 11.1 Å². The molecule has 1 heterocycles. The van der Waals surface area contributed by atoms with Gasteiger partial charge in [-0.1, -0.05) is 11.6 Å². The number of fused-ring (bicyclic) bond motifs is 1. The van der Waals surface area contributed by atoms with E-state index in [4.69, 9.17) is 21.1 Å². The molecule has 1 aromatic rings. The minimum Gasteiger partial charge on any atom is -0.489 e. The van der Waals surface area contributed by atoms with Crippen LogP contribution in [0, 0.1) is 0 Å². The van der Waals surface area contributed by atoms with Crippen molar-refractivity contribution in [3.05, 3.63) is 23.2 Å². The number of rotatable bonds is 1. The van der Waals surface area contributed by atoms with Crippen molar-refractivity contribution in [2.45, 2.75) is 32.4 Å². The summed E-state index contributed by atoms with van der Waals surface area (Å²) in [5.74, 6) is 0.0891. The van der Waals surface area contributed by atoms with E-state index in [1.165, 1.54) is 0 Å². The molecule has 114 valence electrons. The van der Waals surface area contributed by atoms with Gasteiger partial charge in [0.05, 0.1) is 5.69 Å².